The summed E-state index contributed by atoms with van der Waals surface area (Å²) in [6.07, 6.45) is 2.52. The minimum Gasteiger partial charge on any atom is -0.490 e. The van der Waals surface area contributed by atoms with E-state index in [1.165, 1.54) is 0 Å². The molecule has 0 saturated carbocycles. The Morgan fingerprint density at radius 2 is 1.71 bits per heavy atom. The molecule has 6 heteroatoms. The minimum absolute atomic E-state index is 0.0752. The molecule has 0 bridgehead atoms. The second-order valence-corrected chi connectivity index (χ2v) is 7.23. The maximum atomic E-state index is 12.7. The lowest BCUT2D eigenvalue weighted by atomic mass is 9.88. The van der Waals surface area contributed by atoms with Crippen LogP contribution in [0.15, 0.2) is 41.3 Å². The van der Waals surface area contributed by atoms with Crippen LogP contribution in [0.25, 0.3) is 21.9 Å². The quantitative estimate of drug-likeness (QED) is 0.528. The number of aromatic nitrogens is 1. The Morgan fingerprint density at radius 3 is 2.29 bits per heavy atom. The molecule has 0 spiro atoms. The van der Waals surface area contributed by atoms with Gasteiger partial charge in [-0.25, -0.2) is 0 Å². The van der Waals surface area contributed by atoms with Crippen molar-refractivity contribution in [2.75, 3.05) is 26.9 Å². The summed E-state index contributed by atoms with van der Waals surface area (Å²) in [6.45, 7) is 7.87. The van der Waals surface area contributed by atoms with E-state index in [2.05, 4.69) is 6.92 Å². The third kappa shape index (κ3) is 4.75. The zero-order chi connectivity index (χ0) is 22.4. The molecule has 0 saturated heterocycles. The highest BCUT2D eigenvalue weighted by molar-refractivity contribution is 6.01. The predicted molar refractivity (Wildman–Crippen MR) is 123 cm³/mol. The summed E-state index contributed by atoms with van der Waals surface area (Å²) in [7, 11) is 1.62. The van der Waals surface area contributed by atoms with Crippen molar-refractivity contribution in [3.8, 4) is 22.6 Å². The summed E-state index contributed by atoms with van der Waals surface area (Å²) in [5.74, 6) is 1.34. The fourth-order valence-electron chi connectivity index (χ4n) is 3.96. The van der Waals surface area contributed by atoms with Crippen molar-refractivity contribution in [3.05, 3.63) is 58.0 Å². The van der Waals surface area contributed by atoms with Crippen molar-refractivity contribution >= 4 is 10.8 Å². The molecule has 31 heavy (non-hydrogen) atoms. The average molecular weight is 426 g/mol. The van der Waals surface area contributed by atoms with E-state index in [0.717, 1.165) is 39.4 Å². The predicted octanol–water partition coefficient (Wildman–Crippen LogP) is 4.17. The average Bonchev–Trinajstić information content (AvgIpc) is 2.77. The van der Waals surface area contributed by atoms with Crippen LogP contribution in [0.5, 0.6) is 11.5 Å². The number of hydrogen-bond donors (Lipinski definition) is 1. The topological polar surface area (TPSA) is 69.9 Å². The van der Waals surface area contributed by atoms with Gasteiger partial charge in [-0.05, 0) is 77.6 Å². The fourth-order valence-corrected chi connectivity index (χ4v) is 3.96. The summed E-state index contributed by atoms with van der Waals surface area (Å²) < 4.78 is 18.4. The number of nitrogens with zero attached hydrogens (tertiary/aromatic N) is 1. The fraction of sp³-hybridized carbons (Fsp3) is 0.400. The molecule has 1 heterocycles. The van der Waals surface area contributed by atoms with Gasteiger partial charge < -0.3 is 23.9 Å². The normalized spacial score (nSPS) is 11.1. The smallest absolute Gasteiger partial charge is 0.251 e. The Morgan fingerprint density at radius 1 is 1.00 bits per heavy atom. The Labute approximate surface area is 183 Å². The molecule has 0 aliphatic rings. The number of benzene rings is 2. The lowest BCUT2D eigenvalue weighted by molar-refractivity contribution is 0.186. The standard InChI is InChI=1S/C25H31NO5/c1-5-20-19(16-27)12-18-13-22(30-6-2)23(31-7-3)15-21(18)25(20)17-8-9-26(10-11-29-4)24(28)14-17/h8-9,12-15,27H,5-7,10-11,16H2,1-4H3. The molecule has 6 nitrogen and oxygen atoms in total. The molecule has 3 rings (SSSR count). The van der Waals surface area contributed by atoms with Crippen LogP contribution in [-0.2, 0) is 24.3 Å². The summed E-state index contributed by atoms with van der Waals surface area (Å²) in [6, 6.07) is 9.53. The highest BCUT2D eigenvalue weighted by atomic mass is 16.5. The number of ether oxygens (including phenoxy) is 3. The number of fused-ring (bicyclic) bond motifs is 1. The number of aliphatic hydroxyl groups is 1. The molecular formula is C25H31NO5. The van der Waals surface area contributed by atoms with E-state index in [0.29, 0.717) is 37.9 Å². The van der Waals surface area contributed by atoms with Crippen LogP contribution in [0.1, 0.15) is 31.9 Å². The van der Waals surface area contributed by atoms with Gasteiger partial charge in [-0.3, -0.25) is 4.79 Å². The van der Waals surface area contributed by atoms with Gasteiger partial charge in [-0.2, -0.15) is 0 Å². The van der Waals surface area contributed by atoms with Gasteiger partial charge in [0.2, 0.25) is 0 Å². The monoisotopic (exact) mass is 425 g/mol. The van der Waals surface area contributed by atoms with Crippen molar-refractivity contribution in [1.82, 2.24) is 4.57 Å². The van der Waals surface area contributed by atoms with E-state index in [4.69, 9.17) is 14.2 Å². The van der Waals surface area contributed by atoms with Gasteiger partial charge in [0.1, 0.15) is 0 Å². The molecule has 1 aromatic heterocycles. The third-order valence-corrected chi connectivity index (χ3v) is 5.35. The van der Waals surface area contributed by atoms with E-state index >= 15 is 0 Å². The minimum atomic E-state index is -0.0878. The van der Waals surface area contributed by atoms with Gasteiger partial charge in [-0.15, -0.1) is 0 Å². The molecule has 0 amide bonds. The third-order valence-electron chi connectivity index (χ3n) is 5.35. The summed E-state index contributed by atoms with van der Waals surface area (Å²) >= 11 is 0. The number of rotatable bonds is 10. The molecule has 0 aliphatic heterocycles. The van der Waals surface area contributed by atoms with Crippen LogP contribution in [0.4, 0.5) is 0 Å². The zero-order valence-corrected chi connectivity index (χ0v) is 18.7. The van der Waals surface area contributed by atoms with Crippen LogP contribution in [0.2, 0.25) is 0 Å². The molecule has 0 fully saturated rings. The van der Waals surface area contributed by atoms with Gasteiger partial charge in [-0.1, -0.05) is 6.92 Å². The van der Waals surface area contributed by atoms with Gasteiger partial charge in [0.05, 0.1) is 26.4 Å². The molecule has 1 N–H and O–H groups in total. The van der Waals surface area contributed by atoms with Crippen LogP contribution in [0.3, 0.4) is 0 Å². The van der Waals surface area contributed by atoms with E-state index in [1.807, 2.05) is 38.1 Å². The largest absolute Gasteiger partial charge is 0.490 e. The van der Waals surface area contributed by atoms with Crippen LogP contribution in [0, 0.1) is 0 Å². The SMILES string of the molecule is CCOc1cc2cc(CO)c(CC)c(-c3ccn(CCOC)c(=O)c3)c2cc1OCC. The van der Waals surface area contributed by atoms with Crippen molar-refractivity contribution in [3.63, 3.8) is 0 Å². The molecule has 0 atom stereocenters. The Kier molecular flexibility index (Phi) is 7.71. The lowest BCUT2D eigenvalue weighted by Crippen LogP contribution is -2.20. The summed E-state index contributed by atoms with van der Waals surface area (Å²) in [5, 5.41) is 12.0. The Balaban J connectivity index is 2.30. The van der Waals surface area contributed by atoms with Crippen molar-refractivity contribution in [2.45, 2.75) is 40.3 Å². The first kappa shape index (κ1) is 22.8. The maximum Gasteiger partial charge on any atom is 0.251 e. The van der Waals surface area contributed by atoms with Gasteiger partial charge in [0, 0.05) is 25.9 Å². The zero-order valence-electron chi connectivity index (χ0n) is 18.7. The number of hydrogen-bond acceptors (Lipinski definition) is 5. The molecule has 3 aromatic rings. The van der Waals surface area contributed by atoms with Crippen molar-refractivity contribution in [2.24, 2.45) is 0 Å². The molecule has 0 aliphatic carbocycles. The van der Waals surface area contributed by atoms with Gasteiger partial charge >= 0.3 is 0 Å². The summed E-state index contributed by atoms with van der Waals surface area (Å²) in [5.41, 5.74) is 3.55. The highest BCUT2D eigenvalue weighted by Gasteiger charge is 2.18. The van der Waals surface area contributed by atoms with E-state index in [1.54, 1.807) is 23.9 Å². The lowest BCUT2D eigenvalue weighted by Gasteiger charge is -2.19. The molecule has 2 aromatic carbocycles. The first-order valence-electron chi connectivity index (χ1n) is 10.8. The first-order chi connectivity index (χ1) is 15.1. The van der Waals surface area contributed by atoms with Crippen LogP contribution in [-0.4, -0.2) is 36.6 Å². The second kappa shape index (κ2) is 10.5. The summed E-state index contributed by atoms with van der Waals surface area (Å²) in [4.78, 5) is 12.7. The van der Waals surface area contributed by atoms with Crippen LogP contribution >= 0.6 is 0 Å². The highest BCUT2D eigenvalue weighted by Crippen LogP contribution is 2.40. The van der Waals surface area contributed by atoms with E-state index in [-0.39, 0.29) is 12.2 Å². The molecule has 166 valence electrons. The van der Waals surface area contributed by atoms with Gasteiger partial charge in [0.25, 0.3) is 5.56 Å². The molecule has 0 radical (unpaired) electrons. The van der Waals surface area contributed by atoms with Crippen molar-refractivity contribution < 1.29 is 19.3 Å². The Hall–Kier alpha value is -2.83. The van der Waals surface area contributed by atoms with Crippen molar-refractivity contribution in [1.29, 1.82) is 0 Å². The van der Waals surface area contributed by atoms with E-state index in [9.17, 15) is 9.90 Å². The van der Waals surface area contributed by atoms with E-state index < -0.39 is 0 Å². The molecular weight excluding hydrogens is 394 g/mol. The Bertz CT molecular complexity index is 1100. The van der Waals surface area contributed by atoms with Crippen LogP contribution < -0.4 is 15.0 Å². The number of methoxy groups -OCH3 is 1. The second-order valence-electron chi connectivity index (χ2n) is 7.23. The molecule has 0 unspecified atom stereocenters. The van der Waals surface area contributed by atoms with Gasteiger partial charge in [0.15, 0.2) is 11.5 Å². The maximum absolute atomic E-state index is 12.7. The number of pyridine rings is 1. The first-order valence-corrected chi connectivity index (χ1v) is 10.8. The number of aliphatic hydroxyl groups excluding tert-OH is 1.